The average Bonchev–Trinajstić information content (AvgIpc) is 2.87. The van der Waals surface area contributed by atoms with E-state index >= 15 is 0 Å². The summed E-state index contributed by atoms with van der Waals surface area (Å²) in [4.78, 5) is 4.36. The number of aromatic nitrogens is 2. The van der Waals surface area contributed by atoms with Gasteiger partial charge in [0.2, 0.25) is 0 Å². The fraction of sp³-hybridized carbons (Fsp3) is 0.200. The molecule has 0 aliphatic carbocycles. The van der Waals surface area contributed by atoms with Crippen LogP contribution in [-0.2, 0) is 5.54 Å². The Labute approximate surface area is 111 Å². The van der Waals surface area contributed by atoms with Gasteiger partial charge in [-0.3, -0.25) is 0 Å². The van der Waals surface area contributed by atoms with Crippen molar-refractivity contribution in [2.24, 2.45) is 5.73 Å². The fourth-order valence-electron chi connectivity index (χ4n) is 1.92. The molecule has 0 radical (unpaired) electrons. The van der Waals surface area contributed by atoms with Crippen LogP contribution >= 0.6 is 0 Å². The first-order valence-electron chi connectivity index (χ1n) is 6.16. The van der Waals surface area contributed by atoms with E-state index in [0.717, 1.165) is 10.9 Å². The molecular weight excluding hydrogens is 238 g/mol. The van der Waals surface area contributed by atoms with Crippen molar-refractivity contribution >= 4 is 10.8 Å². The van der Waals surface area contributed by atoms with E-state index in [-0.39, 0.29) is 0 Å². The zero-order valence-corrected chi connectivity index (χ0v) is 10.9. The van der Waals surface area contributed by atoms with Gasteiger partial charge in [0, 0.05) is 5.56 Å². The molecular formula is C15H15N3O. The van der Waals surface area contributed by atoms with Gasteiger partial charge in [-0.1, -0.05) is 35.5 Å². The maximum absolute atomic E-state index is 5.95. The Bertz CT molecular complexity index is 725. The lowest BCUT2D eigenvalue weighted by Gasteiger charge is -2.11. The van der Waals surface area contributed by atoms with Crippen LogP contribution in [0.15, 0.2) is 47.0 Å². The molecule has 0 unspecified atom stereocenters. The van der Waals surface area contributed by atoms with Crippen molar-refractivity contribution in [3.8, 4) is 11.5 Å². The van der Waals surface area contributed by atoms with Crippen LogP contribution in [0.5, 0.6) is 0 Å². The maximum atomic E-state index is 5.95. The quantitative estimate of drug-likeness (QED) is 0.762. The lowest BCUT2D eigenvalue weighted by atomic mass is 10.1. The first-order chi connectivity index (χ1) is 9.04. The molecule has 0 atom stereocenters. The molecule has 19 heavy (non-hydrogen) atoms. The Morgan fingerprint density at radius 2 is 1.79 bits per heavy atom. The number of hydrogen-bond donors (Lipinski definition) is 1. The van der Waals surface area contributed by atoms with Gasteiger partial charge < -0.3 is 10.3 Å². The second kappa shape index (κ2) is 4.17. The summed E-state index contributed by atoms with van der Waals surface area (Å²) < 4.78 is 5.29. The molecule has 0 bridgehead atoms. The Kier molecular flexibility index (Phi) is 2.61. The van der Waals surface area contributed by atoms with E-state index in [1.165, 1.54) is 5.39 Å². The zero-order chi connectivity index (χ0) is 13.5. The van der Waals surface area contributed by atoms with Gasteiger partial charge >= 0.3 is 0 Å². The van der Waals surface area contributed by atoms with Crippen LogP contribution in [0.25, 0.3) is 22.2 Å². The highest BCUT2D eigenvalue weighted by molar-refractivity contribution is 5.86. The summed E-state index contributed by atoms with van der Waals surface area (Å²) in [5.41, 5.74) is 6.26. The SMILES string of the molecule is CC(C)(N)c1noc(-c2ccc3ccccc3c2)n1. The molecule has 1 aromatic heterocycles. The Hall–Kier alpha value is -2.20. The van der Waals surface area contributed by atoms with Gasteiger partial charge in [0.25, 0.3) is 5.89 Å². The molecule has 0 saturated heterocycles. The fourth-order valence-corrected chi connectivity index (χ4v) is 1.92. The van der Waals surface area contributed by atoms with E-state index in [2.05, 4.69) is 22.3 Å². The lowest BCUT2D eigenvalue weighted by molar-refractivity contribution is 0.397. The molecule has 0 spiro atoms. The largest absolute Gasteiger partial charge is 0.334 e. The summed E-state index contributed by atoms with van der Waals surface area (Å²) in [7, 11) is 0. The van der Waals surface area contributed by atoms with Gasteiger partial charge in [-0.15, -0.1) is 0 Å². The second-order valence-electron chi connectivity index (χ2n) is 5.21. The number of benzene rings is 2. The van der Waals surface area contributed by atoms with Crippen molar-refractivity contribution in [1.82, 2.24) is 10.1 Å². The number of fused-ring (bicyclic) bond motifs is 1. The highest BCUT2D eigenvalue weighted by Gasteiger charge is 2.21. The molecule has 0 fully saturated rings. The molecule has 0 aliphatic rings. The van der Waals surface area contributed by atoms with Crippen molar-refractivity contribution in [2.75, 3.05) is 0 Å². The van der Waals surface area contributed by atoms with E-state index < -0.39 is 5.54 Å². The van der Waals surface area contributed by atoms with Crippen molar-refractivity contribution < 1.29 is 4.52 Å². The van der Waals surface area contributed by atoms with Crippen LogP contribution in [0.3, 0.4) is 0 Å². The van der Waals surface area contributed by atoms with Crippen molar-refractivity contribution in [3.63, 3.8) is 0 Å². The van der Waals surface area contributed by atoms with Crippen molar-refractivity contribution in [3.05, 3.63) is 48.3 Å². The Balaban J connectivity index is 2.07. The minimum Gasteiger partial charge on any atom is -0.334 e. The smallest absolute Gasteiger partial charge is 0.258 e. The third-order valence-corrected chi connectivity index (χ3v) is 3.00. The normalized spacial score (nSPS) is 11.9. The molecule has 3 rings (SSSR count). The predicted molar refractivity (Wildman–Crippen MR) is 74.5 cm³/mol. The zero-order valence-electron chi connectivity index (χ0n) is 10.9. The summed E-state index contributed by atoms with van der Waals surface area (Å²) in [6.07, 6.45) is 0. The molecule has 0 aliphatic heterocycles. The molecule has 96 valence electrons. The molecule has 4 nitrogen and oxygen atoms in total. The lowest BCUT2D eigenvalue weighted by Crippen LogP contribution is -2.30. The number of nitrogens with zero attached hydrogens (tertiary/aromatic N) is 2. The van der Waals surface area contributed by atoms with Gasteiger partial charge in [-0.25, -0.2) is 0 Å². The van der Waals surface area contributed by atoms with Gasteiger partial charge in [-0.05, 0) is 36.8 Å². The van der Waals surface area contributed by atoms with Crippen molar-refractivity contribution in [1.29, 1.82) is 0 Å². The minimum atomic E-state index is -0.599. The molecule has 0 saturated carbocycles. The van der Waals surface area contributed by atoms with E-state index in [9.17, 15) is 0 Å². The van der Waals surface area contributed by atoms with Crippen LogP contribution in [0.4, 0.5) is 0 Å². The number of nitrogens with two attached hydrogens (primary N) is 1. The molecule has 2 N–H and O–H groups in total. The number of rotatable bonds is 2. The van der Waals surface area contributed by atoms with E-state index in [1.807, 2.05) is 44.2 Å². The molecule has 1 heterocycles. The first-order valence-corrected chi connectivity index (χ1v) is 6.16. The monoisotopic (exact) mass is 253 g/mol. The predicted octanol–water partition coefficient (Wildman–Crippen LogP) is 3.08. The van der Waals surface area contributed by atoms with E-state index in [4.69, 9.17) is 10.3 Å². The maximum Gasteiger partial charge on any atom is 0.258 e. The van der Waals surface area contributed by atoms with Gasteiger partial charge in [0.15, 0.2) is 5.82 Å². The average molecular weight is 253 g/mol. The summed E-state index contributed by atoms with van der Waals surface area (Å²) in [6.45, 7) is 3.70. The molecule has 0 amide bonds. The highest BCUT2D eigenvalue weighted by Crippen LogP contribution is 2.24. The third-order valence-electron chi connectivity index (χ3n) is 3.00. The van der Waals surface area contributed by atoms with Crippen molar-refractivity contribution in [2.45, 2.75) is 19.4 Å². The summed E-state index contributed by atoms with van der Waals surface area (Å²) in [5.74, 6) is 1.01. The van der Waals surface area contributed by atoms with Gasteiger partial charge in [-0.2, -0.15) is 4.98 Å². The molecule has 3 aromatic rings. The second-order valence-corrected chi connectivity index (χ2v) is 5.21. The Morgan fingerprint density at radius 3 is 2.47 bits per heavy atom. The summed E-state index contributed by atoms with van der Waals surface area (Å²) >= 11 is 0. The highest BCUT2D eigenvalue weighted by atomic mass is 16.5. The van der Waals surface area contributed by atoms with Crippen LogP contribution < -0.4 is 5.73 Å². The van der Waals surface area contributed by atoms with Crippen LogP contribution in [-0.4, -0.2) is 10.1 Å². The molecule has 2 aromatic carbocycles. The standard InChI is InChI=1S/C15H15N3O/c1-15(2,16)14-17-13(19-18-14)12-8-7-10-5-3-4-6-11(10)9-12/h3-9H,16H2,1-2H3. The Morgan fingerprint density at radius 1 is 1.05 bits per heavy atom. The molecule has 4 heteroatoms. The summed E-state index contributed by atoms with van der Waals surface area (Å²) in [5, 5.41) is 6.26. The topological polar surface area (TPSA) is 64.9 Å². The van der Waals surface area contributed by atoms with E-state index in [0.29, 0.717) is 11.7 Å². The third kappa shape index (κ3) is 2.22. The minimum absolute atomic E-state index is 0.499. The summed E-state index contributed by atoms with van der Waals surface area (Å²) in [6, 6.07) is 14.2. The van der Waals surface area contributed by atoms with Gasteiger partial charge in [0.05, 0.1) is 5.54 Å². The van der Waals surface area contributed by atoms with Crippen LogP contribution in [0.2, 0.25) is 0 Å². The number of hydrogen-bond acceptors (Lipinski definition) is 4. The van der Waals surface area contributed by atoms with Crippen LogP contribution in [0, 0.1) is 0 Å². The van der Waals surface area contributed by atoms with Gasteiger partial charge in [0.1, 0.15) is 0 Å². The first kappa shape index (κ1) is 11.9. The van der Waals surface area contributed by atoms with E-state index in [1.54, 1.807) is 0 Å². The van der Waals surface area contributed by atoms with Crippen LogP contribution in [0.1, 0.15) is 19.7 Å².